The van der Waals surface area contributed by atoms with Gasteiger partial charge in [0, 0.05) is 25.3 Å². The summed E-state index contributed by atoms with van der Waals surface area (Å²) in [6.45, 7) is 4.30. The Morgan fingerprint density at radius 1 is 1.17 bits per heavy atom. The van der Waals surface area contributed by atoms with Crippen molar-refractivity contribution in [3.05, 3.63) is 53.3 Å². The quantitative estimate of drug-likeness (QED) is 0.922. The monoisotopic (exact) mass is 310 g/mol. The summed E-state index contributed by atoms with van der Waals surface area (Å²) in [5.41, 5.74) is 2.56. The highest BCUT2D eigenvalue weighted by Gasteiger charge is 2.21. The molecule has 0 spiro atoms. The molecule has 5 heteroatoms. The summed E-state index contributed by atoms with van der Waals surface area (Å²) >= 11 is 0. The molecule has 2 heterocycles. The standard InChI is InChI=1S/C18H22N4O/c1-14-13-16(17(23)22-11-5-6-12-22)21-18(20-14)19-10-9-15-7-3-2-4-8-15/h2-4,7-8,13H,5-6,9-12H2,1H3,(H,19,20,21). The molecule has 1 aliphatic heterocycles. The molecule has 1 aromatic heterocycles. The number of amides is 1. The maximum atomic E-state index is 12.5. The molecular weight excluding hydrogens is 288 g/mol. The lowest BCUT2D eigenvalue weighted by Gasteiger charge is -2.15. The molecule has 0 aliphatic carbocycles. The number of carbonyl (C=O) groups excluding carboxylic acids is 1. The average Bonchev–Trinajstić information content (AvgIpc) is 3.09. The predicted octanol–water partition coefficient (Wildman–Crippen LogP) is 2.68. The van der Waals surface area contributed by atoms with Crippen LogP contribution in [-0.4, -0.2) is 40.4 Å². The Labute approximate surface area is 136 Å². The van der Waals surface area contributed by atoms with E-state index in [1.807, 2.05) is 30.0 Å². The van der Waals surface area contributed by atoms with Gasteiger partial charge in [0.15, 0.2) is 0 Å². The third kappa shape index (κ3) is 4.06. The molecule has 1 aliphatic rings. The highest BCUT2D eigenvalue weighted by atomic mass is 16.2. The van der Waals surface area contributed by atoms with Crippen molar-refractivity contribution < 1.29 is 4.79 Å². The van der Waals surface area contributed by atoms with Crippen molar-refractivity contribution in [2.45, 2.75) is 26.2 Å². The van der Waals surface area contributed by atoms with E-state index in [0.717, 1.165) is 44.6 Å². The summed E-state index contributed by atoms with van der Waals surface area (Å²) in [7, 11) is 0. The summed E-state index contributed by atoms with van der Waals surface area (Å²) in [6, 6.07) is 12.0. The van der Waals surface area contributed by atoms with Crippen LogP contribution in [0.2, 0.25) is 0 Å². The molecule has 1 aromatic carbocycles. The number of hydrogen-bond acceptors (Lipinski definition) is 4. The molecule has 5 nitrogen and oxygen atoms in total. The van der Waals surface area contributed by atoms with E-state index < -0.39 is 0 Å². The van der Waals surface area contributed by atoms with Crippen LogP contribution >= 0.6 is 0 Å². The fourth-order valence-corrected chi connectivity index (χ4v) is 2.80. The van der Waals surface area contributed by atoms with Crippen molar-refractivity contribution in [1.82, 2.24) is 14.9 Å². The van der Waals surface area contributed by atoms with Gasteiger partial charge in [-0.05, 0) is 37.8 Å². The molecule has 0 bridgehead atoms. The van der Waals surface area contributed by atoms with Crippen LogP contribution in [-0.2, 0) is 6.42 Å². The number of aryl methyl sites for hydroxylation is 1. The van der Waals surface area contributed by atoms with Gasteiger partial charge in [-0.3, -0.25) is 4.79 Å². The number of benzene rings is 1. The van der Waals surface area contributed by atoms with Gasteiger partial charge in [-0.15, -0.1) is 0 Å². The number of carbonyl (C=O) groups is 1. The Kier molecular flexibility index (Phi) is 4.86. The molecule has 120 valence electrons. The number of nitrogens with zero attached hydrogens (tertiary/aromatic N) is 3. The van der Waals surface area contributed by atoms with E-state index in [0.29, 0.717) is 11.6 Å². The summed E-state index contributed by atoms with van der Waals surface area (Å²) in [4.78, 5) is 23.1. The van der Waals surface area contributed by atoms with Crippen molar-refractivity contribution >= 4 is 11.9 Å². The third-order valence-electron chi connectivity index (χ3n) is 4.01. The molecule has 0 unspecified atom stereocenters. The van der Waals surface area contributed by atoms with Crippen LogP contribution < -0.4 is 5.32 Å². The van der Waals surface area contributed by atoms with E-state index in [-0.39, 0.29) is 5.91 Å². The number of hydrogen-bond donors (Lipinski definition) is 1. The number of likely N-dealkylation sites (tertiary alicyclic amines) is 1. The zero-order valence-electron chi connectivity index (χ0n) is 13.5. The fourth-order valence-electron chi connectivity index (χ4n) is 2.80. The van der Waals surface area contributed by atoms with Crippen LogP contribution in [0, 0.1) is 6.92 Å². The SMILES string of the molecule is Cc1cc(C(=O)N2CCCC2)nc(NCCc2ccccc2)n1. The predicted molar refractivity (Wildman–Crippen MR) is 90.5 cm³/mol. The lowest BCUT2D eigenvalue weighted by atomic mass is 10.1. The molecule has 1 saturated heterocycles. The molecular formula is C18H22N4O. The van der Waals surface area contributed by atoms with Gasteiger partial charge in [-0.25, -0.2) is 9.97 Å². The molecule has 1 fully saturated rings. The van der Waals surface area contributed by atoms with E-state index >= 15 is 0 Å². The van der Waals surface area contributed by atoms with Crippen LogP contribution in [0.15, 0.2) is 36.4 Å². The van der Waals surface area contributed by atoms with Gasteiger partial charge in [0.25, 0.3) is 5.91 Å². The topological polar surface area (TPSA) is 58.1 Å². The van der Waals surface area contributed by atoms with Crippen molar-refractivity contribution in [2.75, 3.05) is 25.0 Å². The number of anilines is 1. The normalized spacial score (nSPS) is 14.0. The van der Waals surface area contributed by atoms with E-state index in [2.05, 4.69) is 27.4 Å². The van der Waals surface area contributed by atoms with Crippen LogP contribution in [0.25, 0.3) is 0 Å². The maximum Gasteiger partial charge on any atom is 0.272 e. The van der Waals surface area contributed by atoms with E-state index in [4.69, 9.17) is 0 Å². The van der Waals surface area contributed by atoms with E-state index in [9.17, 15) is 4.79 Å². The zero-order valence-corrected chi connectivity index (χ0v) is 13.5. The summed E-state index contributed by atoms with van der Waals surface area (Å²) < 4.78 is 0. The van der Waals surface area contributed by atoms with E-state index in [1.165, 1.54) is 5.56 Å². The average molecular weight is 310 g/mol. The zero-order chi connectivity index (χ0) is 16.1. The minimum atomic E-state index is 0.0131. The van der Waals surface area contributed by atoms with Gasteiger partial charge < -0.3 is 10.2 Å². The fraction of sp³-hybridized carbons (Fsp3) is 0.389. The molecule has 3 rings (SSSR count). The molecule has 2 aromatic rings. The molecule has 0 atom stereocenters. The summed E-state index contributed by atoms with van der Waals surface area (Å²) in [6.07, 6.45) is 3.06. The largest absolute Gasteiger partial charge is 0.354 e. The van der Waals surface area contributed by atoms with Gasteiger partial charge in [0.1, 0.15) is 5.69 Å². The Bertz CT molecular complexity index is 666. The van der Waals surface area contributed by atoms with Crippen molar-refractivity contribution in [1.29, 1.82) is 0 Å². The number of rotatable bonds is 5. The lowest BCUT2D eigenvalue weighted by Crippen LogP contribution is -2.28. The molecule has 0 saturated carbocycles. The second kappa shape index (κ2) is 7.22. The van der Waals surface area contributed by atoms with E-state index in [1.54, 1.807) is 6.07 Å². The van der Waals surface area contributed by atoms with Crippen LogP contribution in [0.5, 0.6) is 0 Å². The molecule has 1 amide bonds. The van der Waals surface area contributed by atoms with Crippen molar-refractivity contribution in [2.24, 2.45) is 0 Å². The van der Waals surface area contributed by atoms with Gasteiger partial charge in [-0.2, -0.15) is 0 Å². The smallest absolute Gasteiger partial charge is 0.272 e. The van der Waals surface area contributed by atoms with Gasteiger partial charge in [0.2, 0.25) is 5.95 Å². The van der Waals surface area contributed by atoms with Gasteiger partial charge in [-0.1, -0.05) is 30.3 Å². The Morgan fingerprint density at radius 3 is 2.65 bits per heavy atom. The van der Waals surface area contributed by atoms with Gasteiger partial charge in [0.05, 0.1) is 0 Å². The van der Waals surface area contributed by atoms with Crippen LogP contribution in [0.1, 0.15) is 34.6 Å². The van der Waals surface area contributed by atoms with Gasteiger partial charge >= 0.3 is 0 Å². The second-order valence-electron chi connectivity index (χ2n) is 5.88. The van der Waals surface area contributed by atoms with Crippen LogP contribution in [0.4, 0.5) is 5.95 Å². The number of nitrogens with one attached hydrogen (secondary N) is 1. The molecule has 1 N–H and O–H groups in total. The highest BCUT2D eigenvalue weighted by molar-refractivity contribution is 5.92. The van der Waals surface area contributed by atoms with Crippen molar-refractivity contribution in [3.8, 4) is 0 Å². The first-order valence-corrected chi connectivity index (χ1v) is 8.15. The minimum absolute atomic E-state index is 0.0131. The highest BCUT2D eigenvalue weighted by Crippen LogP contribution is 2.13. The molecule has 23 heavy (non-hydrogen) atoms. The Balaban J connectivity index is 1.64. The van der Waals surface area contributed by atoms with Crippen LogP contribution in [0.3, 0.4) is 0 Å². The first kappa shape index (κ1) is 15.5. The Hall–Kier alpha value is -2.43. The second-order valence-corrected chi connectivity index (χ2v) is 5.88. The third-order valence-corrected chi connectivity index (χ3v) is 4.01. The maximum absolute atomic E-state index is 12.5. The van der Waals surface area contributed by atoms with Crippen molar-refractivity contribution in [3.63, 3.8) is 0 Å². The summed E-state index contributed by atoms with van der Waals surface area (Å²) in [5, 5.41) is 3.23. The first-order valence-electron chi connectivity index (χ1n) is 8.15. The lowest BCUT2D eigenvalue weighted by molar-refractivity contribution is 0.0787. The molecule has 0 radical (unpaired) electrons. The first-order chi connectivity index (χ1) is 11.2. The minimum Gasteiger partial charge on any atom is -0.354 e. The summed E-state index contributed by atoms with van der Waals surface area (Å²) in [5.74, 6) is 0.544. The number of aromatic nitrogens is 2. The Morgan fingerprint density at radius 2 is 1.91 bits per heavy atom.